The first-order valence-electron chi connectivity index (χ1n) is 29.1. The van der Waals surface area contributed by atoms with E-state index in [9.17, 15) is 68.7 Å². The summed E-state index contributed by atoms with van der Waals surface area (Å²) >= 11 is 0. The maximum Gasteiger partial charge on any atom is 0.326 e. The number of hydrogen-bond donors (Lipinski definition) is 14. The zero-order valence-corrected chi connectivity index (χ0v) is 49.5. The van der Waals surface area contributed by atoms with Crippen LogP contribution in [0.5, 0.6) is 17.2 Å². The van der Waals surface area contributed by atoms with E-state index in [1.165, 1.54) is 67.6 Å². The number of hydrogen-bond acceptors (Lipinski definition) is 14. The number of phenolic OH excluding ortho intramolecular Hbond substituents is 3. The van der Waals surface area contributed by atoms with E-state index in [1.807, 2.05) is 6.92 Å². The summed E-state index contributed by atoms with van der Waals surface area (Å²) in [5, 5.41) is 71.1. The second-order valence-electron chi connectivity index (χ2n) is 21.8. The number of aliphatic hydroxyl groups is 1. The standard InChI is InChI=1S/C66H77N9O14/c1-4-39(2)57(75-59(81)50(67)32-44-20-26-47(77)27-21-44)65(87)72-54(35-43-18-12-7-13-19-43)62(84)69-51(33-41-14-8-5-9-15-41)60(82)68-40(3)58(80)74-56(38-76)64(86)71-52(34-42-16-10-6-11-17-42)61(83)70-53(36-45-22-28-48(78)29-23-45)63(85)73-55(66(88)89)37-46-24-30-49(79)31-25-46/h5-31,39-40,50-57,76-79H,4,32-38,67H2,1-3H3,(H,68,82)(H,69,84)(H,70,83)(H,71,86)(H,72,87)(H,73,85)(H,74,80)(H,75,81)(H,88,89)/t39-,40-,50-,51-,52-,53-,54-,55-,56-,57-/m0/s1. The molecule has 0 aliphatic carbocycles. The number of rotatable bonds is 32. The van der Waals surface area contributed by atoms with Crippen LogP contribution in [0.1, 0.15) is 60.6 Å². The average molecular weight is 1220 g/mol. The van der Waals surface area contributed by atoms with Crippen molar-refractivity contribution >= 4 is 53.2 Å². The van der Waals surface area contributed by atoms with Crippen LogP contribution in [0.2, 0.25) is 0 Å². The molecule has 470 valence electrons. The first-order chi connectivity index (χ1) is 42.6. The maximum atomic E-state index is 14.6. The number of aliphatic hydroxyl groups excluding tert-OH is 1. The molecule has 23 nitrogen and oxygen atoms in total. The lowest BCUT2D eigenvalue weighted by atomic mass is 9.96. The molecule has 0 unspecified atom stereocenters. The first-order valence-corrected chi connectivity index (χ1v) is 29.1. The molecule has 89 heavy (non-hydrogen) atoms. The summed E-state index contributed by atoms with van der Waals surface area (Å²) < 4.78 is 0. The van der Waals surface area contributed by atoms with Crippen molar-refractivity contribution in [2.75, 3.05) is 6.61 Å². The quantitative estimate of drug-likeness (QED) is 0.0287. The highest BCUT2D eigenvalue weighted by atomic mass is 16.4. The van der Waals surface area contributed by atoms with Gasteiger partial charge >= 0.3 is 5.97 Å². The molecule has 0 saturated carbocycles. The minimum absolute atomic E-state index is 0.0385. The molecule has 0 aliphatic heterocycles. The lowest BCUT2D eigenvalue weighted by molar-refractivity contribution is -0.142. The summed E-state index contributed by atoms with van der Waals surface area (Å²) in [5.41, 5.74) is 9.67. The second-order valence-corrected chi connectivity index (χ2v) is 21.8. The number of carbonyl (C=O) groups excluding carboxylic acids is 8. The van der Waals surface area contributed by atoms with Crippen LogP contribution < -0.4 is 48.3 Å². The lowest BCUT2D eigenvalue weighted by Crippen LogP contribution is -2.61. The monoisotopic (exact) mass is 1220 g/mol. The number of carbonyl (C=O) groups is 9. The zero-order valence-electron chi connectivity index (χ0n) is 49.5. The van der Waals surface area contributed by atoms with Crippen molar-refractivity contribution in [1.82, 2.24) is 42.5 Å². The molecule has 23 heteroatoms. The second kappa shape index (κ2) is 33.7. The Morgan fingerprint density at radius 2 is 0.652 bits per heavy atom. The predicted octanol–water partition coefficient (Wildman–Crippen LogP) is 1.91. The Kier molecular flexibility index (Phi) is 25.7. The van der Waals surface area contributed by atoms with E-state index in [1.54, 1.807) is 110 Å². The molecule has 8 amide bonds. The fourth-order valence-electron chi connectivity index (χ4n) is 9.48. The number of aromatic hydroxyl groups is 3. The summed E-state index contributed by atoms with van der Waals surface area (Å²) in [7, 11) is 0. The molecule has 0 saturated heterocycles. The number of carboxylic acids is 1. The van der Waals surface area contributed by atoms with E-state index in [-0.39, 0.29) is 55.8 Å². The Bertz CT molecular complexity index is 3330. The topological polar surface area (TPSA) is 377 Å². The third-order valence-corrected chi connectivity index (χ3v) is 14.8. The van der Waals surface area contributed by atoms with Gasteiger partial charge in [0.15, 0.2) is 0 Å². The third kappa shape index (κ3) is 21.7. The molecule has 0 aliphatic rings. The number of amides is 8. The van der Waals surface area contributed by atoms with Gasteiger partial charge in [-0.05, 0) is 89.0 Å². The van der Waals surface area contributed by atoms with E-state index in [2.05, 4.69) is 42.5 Å². The van der Waals surface area contributed by atoms with Crippen molar-refractivity contribution in [2.45, 2.75) is 120 Å². The van der Waals surface area contributed by atoms with Crippen molar-refractivity contribution in [3.8, 4) is 17.2 Å². The van der Waals surface area contributed by atoms with Crippen molar-refractivity contribution in [2.24, 2.45) is 11.7 Å². The van der Waals surface area contributed by atoms with Crippen molar-refractivity contribution in [3.63, 3.8) is 0 Å². The number of carboxylic acid groups (broad SMARTS) is 1. The van der Waals surface area contributed by atoms with Crippen LogP contribution in [0.3, 0.4) is 0 Å². The van der Waals surface area contributed by atoms with E-state index in [0.717, 1.165) is 0 Å². The zero-order chi connectivity index (χ0) is 64.6. The van der Waals surface area contributed by atoms with Crippen molar-refractivity contribution < 1.29 is 68.7 Å². The fourth-order valence-corrected chi connectivity index (χ4v) is 9.48. The van der Waals surface area contributed by atoms with Gasteiger partial charge in [-0.25, -0.2) is 4.79 Å². The Labute approximate surface area is 515 Å². The van der Waals surface area contributed by atoms with E-state index in [4.69, 9.17) is 5.73 Å². The maximum absolute atomic E-state index is 14.6. The van der Waals surface area contributed by atoms with Gasteiger partial charge in [0.2, 0.25) is 47.3 Å². The van der Waals surface area contributed by atoms with Gasteiger partial charge < -0.3 is 73.8 Å². The summed E-state index contributed by atoms with van der Waals surface area (Å²) in [6.45, 7) is 3.87. The molecule has 0 aromatic heterocycles. The summed E-state index contributed by atoms with van der Waals surface area (Å²) in [6, 6.07) is 30.8. The highest BCUT2D eigenvalue weighted by Crippen LogP contribution is 2.17. The van der Waals surface area contributed by atoms with Gasteiger partial charge in [-0.15, -0.1) is 0 Å². The Morgan fingerprint density at radius 3 is 1.00 bits per heavy atom. The predicted molar refractivity (Wildman–Crippen MR) is 329 cm³/mol. The molecule has 0 bridgehead atoms. The van der Waals surface area contributed by atoms with Gasteiger partial charge in [-0.3, -0.25) is 38.4 Å². The molecule has 10 atom stereocenters. The minimum atomic E-state index is -1.73. The van der Waals surface area contributed by atoms with Crippen LogP contribution in [0, 0.1) is 5.92 Å². The van der Waals surface area contributed by atoms with Gasteiger partial charge in [-0.2, -0.15) is 0 Å². The van der Waals surface area contributed by atoms with Crippen LogP contribution in [-0.4, -0.2) is 140 Å². The van der Waals surface area contributed by atoms with Crippen LogP contribution in [-0.2, 0) is 81.7 Å². The van der Waals surface area contributed by atoms with E-state index >= 15 is 0 Å². The van der Waals surface area contributed by atoms with Crippen LogP contribution in [0.25, 0.3) is 0 Å². The molecule has 0 spiro atoms. The first kappa shape index (κ1) is 68.0. The normalized spacial score (nSPS) is 14.4. The Morgan fingerprint density at radius 1 is 0.360 bits per heavy atom. The van der Waals surface area contributed by atoms with E-state index in [0.29, 0.717) is 39.8 Å². The smallest absolute Gasteiger partial charge is 0.326 e. The third-order valence-electron chi connectivity index (χ3n) is 14.8. The lowest BCUT2D eigenvalue weighted by Gasteiger charge is -2.29. The highest BCUT2D eigenvalue weighted by molar-refractivity contribution is 5.98. The molecule has 0 radical (unpaired) electrons. The summed E-state index contributed by atoms with van der Waals surface area (Å²) in [6.07, 6.45) is -0.205. The molecule has 6 rings (SSSR count). The number of nitrogens with two attached hydrogens (primary N) is 1. The van der Waals surface area contributed by atoms with Crippen LogP contribution in [0.4, 0.5) is 0 Å². The molecular formula is C66H77N9O14. The highest BCUT2D eigenvalue weighted by Gasteiger charge is 2.36. The molecular weight excluding hydrogens is 1140 g/mol. The van der Waals surface area contributed by atoms with Crippen LogP contribution in [0.15, 0.2) is 164 Å². The van der Waals surface area contributed by atoms with Gasteiger partial charge in [0.05, 0.1) is 12.6 Å². The van der Waals surface area contributed by atoms with Gasteiger partial charge in [-0.1, -0.05) is 148 Å². The Balaban J connectivity index is 1.17. The van der Waals surface area contributed by atoms with Crippen molar-refractivity contribution in [3.05, 3.63) is 197 Å². The van der Waals surface area contributed by atoms with Gasteiger partial charge in [0.25, 0.3) is 0 Å². The van der Waals surface area contributed by atoms with Crippen LogP contribution >= 0.6 is 0 Å². The van der Waals surface area contributed by atoms with Gasteiger partial charge in [0, 0.05) is 32.1 Å². The van der Waals surface area contributed by atoms with E-state index < -0.39 is 120 Å². The Hall–Kier alpha value is -10.1. The van der Waals surface area contributed by atoms with Crippen molar-refractivity contribution in [1.29, 1.82) is 0 Å². The number of nitrogens with one attached hydrogen (secondary N) is 8. The molecule has 0 fully saturated rings. The number of phenols is 3. The molecule has 0 heterocycles. The number of benzene rings is 6. The summed E-state index contributed by atoms with van der Waals surface area (Å²) in [4.78, 5) is 126. The number of aliphatic carboxylic acids is 1. The fraction of sp³-hybridized carbons (Fsp3) is 0.318. The SMILES string of the molecule is CC[C@H](C)[C@H](NC(=O)[C@@H](N)Cc1ccc(O)cc1)C(=O)N[C@@H](Cc1ccccc1)C(=O)N[C@@H](Cc1ccccc1)C(=O)N[C@@H](C)C(=O)N[C@@H](CO)C(=O)N[C@@H](Cc1ccccc1)C(=O)N[C@@H](Cc1ccc(O)cc1)C(=O)N[C@@H](Cc1ccc(O)cc1)C(=O)O. The molecule has 15 N–H and O–H groups in total. The largest absolute Gasteiger partial charge is 0.508 e. The van der Waals surface area contributed by atoms with Gasteiger partial charge in [0.1, 0.15) is 65.6 Å². The summed E-state index contributed by atoms with van der Waals surface area (Å²) in [5.74, 6) is -8.77. The average Bonchev–Trinajstić information content (AvgIpc) is 3.04. The minimum Gasteiger partial charge on any atom is -0.508 e. The molecule has 6 aromatic rings. The molecule has 6 aromatic carbocycles.